The molecule has 0 spiro atoms. The number of rotatable bonds is 8. The van der Waals surface area contributed by atoms with E-state index < -0.39 is 11.9 Å². The van der Waals surface area contributed by atoms with Crippen molar-refractivity contribution in [3.8, 4) is 57.1 Å². The minimum Gasteiger partial charge on any atom is -0.404 e. The zero-order valence-electron chi connectivity index (χ0n) is 25.4. The van der Waals surface area contributed by atoms with Gasteiger partial charge in [0.1, 0.15) is 0 Å². The van der Waals surface area contributed by atoms with E-state index in [-0.39, 0.29) is 22.9 Å². The second-order valence-corrected chi connectivity index (χ2v) is 10.7. The summed E-state index contributed by atoms with van der Waals surface area (Å²) in [6.45, 7) is 0. The van der Waals surface area contributed by atoms with Crippen molar-refractivity contribution in [1.29, 1.82) is 0 Å². The van der Waals surface area contributed by atoms with Gasteiger partial charge in [0, 0.05) is 34.4 Å². The number of nitrogens with zero attached hydrogens (tertiary/aromatic N) is 4. The van der Waals surface area contributed by atoms with E-state index in [2.05, 4.69) is 9.97 Å². The molecule has 5 aromatic carbocycles. The number of esters is 2. The molecule has 2 aromatic heterocycles. The third-order valence-electron chi connectivity index (χ3n) is 7.36. The monoisotopic (exact) mass is 626 g/mol. The number of ether oxygens (including phenoxy) is 2. The van der Waals surface area contributed by atoms with Gasteiger partial charge in [0.05, 0.1) is 22.5 Å². The molecule has 0 bridgehead atoms. The molecule has 7 rings (SSSR count). The van der Waals surface area contributed by atoms with Crippen molar-refractivity contribution in [2.45, 2.75) is 0 Å². The van der Waals surface area contributed by atoms with Gasteiger partial charge in [-0.25, -0.2) is 19.6 Å². The SMILES string of the molecule is O=C(Oc1cc(-c2ccccc2)nc(-c2ccccc2)n1)c1ccc(C(=O)Oc2cc(-c3ccccc3)nc(-c3ccccc3)n2)cc1. The first-order valence-electron chi connectivity index (χ1n) is 15.1. The zero-order chi connectivity index (χ0) is 32.7. The minimum absolute atomic E-state index is 0.100. The molecule has 0 saturated carbocycles. The van der Waals surface area contributed by atoms with Crippen LogP contribution in [0.3, 0.4) is 0 Å². The Balaban J connectivity index is 1.11. The van der Waals surface area contributed by atoms with Gasteiger partial charge in [0.2, 0.25) is 11.8 Å². The van der Waals surface area contributed by atoms with Crippen LogP contribution in [0.4, 0.5) is 0 Å². The topological polar surface area (TPSA) is 104 Å². The minimum atomic E-state index is -0.637. The first-order valence-corrected chi connectivity index (χ1v) is 15.1. The molecule has 0 N–H and O–H groups in total. The van der Waals surface area contributed by atoms with Crippen molar-refractivity contribution in [2.24, 2.45) is 0 Å². The summed E-state index contributed by atoms with van der Waals surface area (Å²) in [6.07, 6.45) is 0. The van der Waals surface area contributed by atoms with Gasteiger partial charge in [-0.2, -0.15) is 9.97 Å². The predicted molar refractivity (Wildman–Crippen MR) is 182 cm³/mol. The number of carbonyl (C=O) groups is 2. The second-order valence-electron chi connectivity index (χ2n) is 10.7. The van der Waals surface area contributed by atoms with Gasteiger partial charge in [0.25, 0.3) is 0 Å². The first kappa shape index (κ1) is 29.9. The largest absolute Gasteiger partial charge is 0.404 e. The van der Waals surface area contributed by atoms with E-state index in [0.29, 0.717) is 23.0 Å². The van der Waals surface area contributed by atoms with Crippen molar-refractivity contribution in [2.75, 3.05) is 0 Å². The number of aromatic nitrogens is 4. The van der Waals surface area contributed by atoms with E-state index in [9.17, 15) is 9.59 Å². The molecule has 0 radical (unpaired) electrons. The average Bonchev–Trinajstić information content (AvgIpc) is 3.16. The van der Waals surface area contributed by atoms with Gasteiger partial charge in [-0.05, 0) is 24.3 Å². The fraction of sp³-hybridized carbons (Fsp3) is 0. The fourth-order valence-electron chi connectivity index (χ4n) is 4.95. The average molecular weight is 627 g/mol. The maximum atomic E-state index is 13.2. The lowest BCUT2D eigenvalue weighted by molar-refractivity contribution is 0.0713. The molecule has 48 heavy (non-hydrogen) atoms. The Morgan fingerprint density at radius 3 is 1.02 bits per heavy atom. The Labute approximate surface area is 276 Å². The summed E-state index contributed by atoms with van der Waals surface area (Å²) in [5, 5.41) is 0. The van der Waals surface area contributed by atoms with Crippen LogP contribution >= 0.6 is 0 Å². The molecule has 7 aromatic rings. The lowest BCUT2D eigenvalue weighted by Crippen LogP contribution is -2.13. The first-order chi connectivity index (χ1) is 23.6. The Morgan fingerprint density at radius 1 is 0.375 bits per heavy atom. The van der Waals surface area contributed by atoms with E-state index >= 15 is 0 Å². The lowest BCUT2D eigenvalue weighted by atomic mass is 10.1. The Kier molecular flexibility index (Phi) is 8.52. The molecule has 0 aliphatic rings. The van der Waals surface area contributed by atoms with Gasteiger partial charge < -0.3 is 9.47 Å². The summed E-state index contributed by atoms with van der Waals surface area (Å²) in [5.41, 5.74) is 4.96. The number of hydrogen-bond acceptors (Lipinski definition) is 8. The van der Waals surface area contributed by atoms with Gasteiger partial charge in [-0.3, -0.25) is 0 Å². The molecule has 0 saturated heterocycles. The normalized spacial score (nSPS) is 10.7. The smallest absolute Gasteiger partial charge is 0.344 e. The number of carbonyl (C=O) groups excluding carboxylic acids is 2. The molecule has 8 nitrogen and oxygen atoms in total. The van der Waals surface area contributed by atoms with Crippen molar-refractivity contribution in [3.63, 3.8) is 0 Å². The molecule has 2 heterocycles. The molecule has 0 aliphatic carbocycles. The summed E-state index contributed by atoms with van der Waals surface area (Å²) in [4.78, 5) is 44.8. The van der Waals surface area contributed by atoms with Gasteiger partial charge >= 0.3 is 11.9 Å². The highest BCUT2D eigenvalue weighted by atomic mass is 16.5. The third kappa shape index (κ3) is 6.88. The van der Waals surface area contributed by atoms with Crippen molar-refractivity contribution < 1.29 is 19.1 Å². The highest BCUT2D eigenvalue weighted by molar-refractivity contribution is 5.95. The maximum absolute atomic E-state index is 13.2. The number of hydrogen-bond donors (Lipinski definition) is 0. The van der Waals surface area contributed by atoms with Crippen LogP contribution in [-0.4, -0.2) is 31.9 Å². The quantitative estimate of drug-likeness (QED) is 0.155. The van der Waals surface area contributed by atoms with E-state index in [4.69, 9.17) is 19.4 Å². The van der Waals surface area contributed by atoms with Crippen LogP contribution in [0.25, 0.3) is 45.3 Å². The summed E-state index contributed by atoms with van der Waals surface area (Å²) in [7, 11) is 0. The molecule has 0 atom stereocenters. The molecule has 230 valence electrons. The van der Waals surface area contributed by atoms with Crippen molar-refractivity contribution in [1.82, 2.24) is 19.9 Å². The van der Waals surface area contributed by atoms with Crippen LogP contribution < -0.4 is 9.47 Å². The van der Waals surface area contributed by atoms with Crippen LogP contribution in [0.15, 0.2) is 158 Å². The second kappa shape index (κ2) is 13.7. The molecule has 0 aliphatic heterocycles. The summed E-state index contributed by atoms with van der Waals surface area (Å²) in [5.74, 6) is -0.224. The lowest BCUT2D eigenvalue weighted by Gasteiger charge is -2.10. The molecular formula is C40H26N4O4. The van der Waals surface area contributed by atoms with Gasteiger partial charge in [0.15, 0.2) is 11.6 Å². The highest BCUT2D eigenvalue weighted by Crippen LogP contribution is 2.27. The summed E-state index contributed by atoms with van der Waals surface area (Å²) >= 11 is 0. The van der Waals surface area contributed by atoms with Crippen LogP contribution in [0.5, 0.6) is 11.8 Å². The van der Waals surface area contributed by atoms with Crippen LogP contribution in [0.2, 0.25) is 0 Å². The van der Waals surface area contributed by atoms with Gasteiger partial charge in [-0.15, -0.1) is 0 Å². The van der Waals surface area contributed by atoms with E-state index in [0.717, 1.165) is 22.3 Å². The zero-order valence-corrected chi connectivity index (χ0v) is 25.4. The third-order valence-corrected chi connectivity index (χ3v) is 7.36. The molecular weight excluding hydrogens is 600 g/mol. The highest BCUT2D eigenvalue weighted by Gasteiger charge is 2.17. The molecule has 0 fully saturated rings. The maximum Gasteiger partial charge on any atom is 0.344 e. The molecule has 0 amide bonds. The predicted octanol–water partition coefficient (Wildman–Crippen LogP) is 8.37. The van der Waals surface area contributed by atoms with E-state index in [1.54, 1.807) is 12.1 Å². The van der Waals surface area contributed by atoms with Gasteiger partial charge in [-0.1, -0.05) is 121 Å². The van der Waals surface area contributed by atoms with Crippen molar-refractivity contribution >= 4 is 11.9 Å². The van der Waals surface area contributed by atoms with Crippen LogP contribution in [-0.2, 0) is 0 Å². The van der Waals surface area contributed by atoms with Crippen LogP contribution in [0, 0.1) is 0 Å². The summed E-state index contributed by atoms with van der Waals surface area (Å²) < 4.78 is 11.4. The molecule has 0 unspecified atom stereocenters. The van der Waals surface area contributed by atoms with Crippen molar-refractivity contribution in [3.05, 3.63) is 169 Å². The van der Waals surface area contributed by atoms with E-state index in [1.807, 2.05) is 121 Å². The molecule has 8 heteroatoms. The van der Waals surface area contributed by atoms with Crippen LogP contribution in [0.1, 0.15) is 20.7 Å². The summed E-state index contributed by atoms with van der Waals surface area (Å²) in [6, 6.07) is 47.3. The Hall–Kier alpha value is -6.80. The standard InChI is InChI=1S/C40H26N4O4/c45-39(47-35-25-33(27-13-5-1-6-14-27)41-37(43-35)29-17-9-3-10-18-29)31-21-23-32(24-22-31)40(46)48-36-26-34(28-15-7-2-8-16-28)42-38(44-36)30-19-11-4-12-20-30/h1-26H. The Bertz CT molecular complexity index is 1920. The fourth-order valence-corrected chi connectivity index (χ4v) is 4.95. The number of benzene rings is 5. The Morgan fingerprint density at radius 2 is 0.688 bits per heavy atom. The van der Waals surface area contributed by atoms with E-state index in [1.165, 1.54) is 24.3 Å².